The molecule has 0 fully saturated rings. The molecule has 0 atom stereocenters. The summed E-state index contributed by atoms with van der Waals surface area (Å²) in [5, 5.41) is 1.25. The lowest BCUT2D eigenvalue weighted by Crippen LogP contribution is -1.82. The summed E-state index contributed by atoms with van der Waals surface area (Å²) >= 11 is 0. The summed E-state index contributed by atoms with van der Waals surface area (Å²) in [5.74, 6) is 0. The zero-order valence-corrected chi connectivity index (χ0v) is 10.0. The van der Waals surface area contributed by atoms with Crippen molar-refractivity contribution in [1.82, 2.24) is 4.98 Å². The first-order valence-electron chi connectivity index (χ1n) is 5.51. The fraction of sp³-hybridized carbons (Fsp3) is 0.357. The fourth-order valence-electron chi connectivity index (χ4n) is 1.40. The second kappa shape index (κ2) is 5.50. The molecule has 2 aromatic rings. The number of hydrogen-bond donors (Lipinski definition) is 0. The Balaban J connectivity index is 0.000000337. The van der Waals surface area contributed by atoms with Crippen LogP contribution in [-0.2, 0) is 0 Å². The maximum atomic E-state index is 4.30. The van der Waals surface area contributed by atoms with Gasteiger partial charge in [-0.25, -0.2) is 0 Å². The Bertz CT molecular complexity index is 432. The molecule has 1 aromatic heterocycles. The van der Waals surface area contributed by atoms with Crippen LogP contribution in [0.2, 0.25) is 0 Å². The van der Waals surface area contributed by atoms with Crippen LogP contribution in [0.5, 0.6) is 0 Å². The van der Waals surface area contributed by atoms with Crippen molar-refractivity contribution in [3.63, 3.8) is 0 Å². The zero-order valence-electron chi connectivity index (χ0n) is 10.0. The number of aromatic nitrogens is 1. The standard InChI is InChI=1S/C11H11N.C3H8/c1-8-3-4-10-9(2)5-6-12-11(10)7-8;1-3-2/h3-7H,1-2H3;3H2,1-2H3. The molecule has 0 unspecified atom stereocenters. The van der Waals surface area contributed by atoms with Gasteiger partial charge >= 0.3 is 0 Å². The number of aryl methyl sites for hydroxylation is 2. The monoisotopic (exact) mass is 201 g/mol. The SMILES string of the molecule is CCC.Cc1ccc2c(C)ccnc2c1. The number of fused-ring (bicyclic) bond motifs is 1. The van der Waals surface area contributed by atoms with Gasteiger partial charge in [0, 0.05) is 11.6 Å². The van der Waals surface area contributed by atoms with Gasteiger partial charge in [-0.2, -0.15) is 0 Å². The molecule has 0 saturated carbocycles. The number of benzene rings is 1. The predicted molar refractivity (Wildman–Crippen MR) is 67.2 cm³/mol. The average Bonchev–Trinajstić information content (AvgIpc) is 2.19. The van der Waals surface area contributed by atoms with Crippen LogP contribution in [0, 0.1) is 13.8 Å². The van der Waals surface area contributed by atoms with Crippen LogP contribution in [0.3, 0.4) is 0 Å². The third-order valence-electron chi connectivity index (χ3n) is 2.12. The van der Waals surface area contributed by atoms with Gasteiger partial charge in [0.05, 0.1) is 5.52 Å². The molecule has 1 aromatic carbocycles. The molecule has 0 spiro atoms. The highest BCUT2D eigenvalue weighted by Gasteiger charge is 1.96. The number of nitrogens with zero attached hydrogens (tertiary/aromatic N) is 1. The van der Waals surface area contributed by atoms with Crippen molar-refractivity contribution >= 4 is 10.9 Å². The molecular weight excluding hydrogens is 182 g/mol. The van der Waals surface area contributed by atoms with Gasteiger partial charge in [-0.05, 0) is 37.1 Å². The molecule has 0 amide bonds. The first-order valence-corrected chi connectivity index (χ1v) is 5.51. The predicted octanol–water partition coefficient (Wildman–Crippen LogP) is 4.27. The molecule has 80 valence electrons. The molecule has 0 aliphatic rings. The van der Waals surface area contributed by atoms with Crippen molar-refractivity contribution in [2.45, 2.75) is 34.1 Å². The molecule has 1 heteroatoms. The van der Waals surface area contributed by atoms with Crippen LogP contribution in [0.1, 0.15) is 31.4 Å². The van der Waals surface area contributed by atoms with Gasteiger partial charge in [-0.1, -0.05) is 32.4 Å². The van der Waals surface area contributed by atoms with Gasteiger partial charge in [-0.15, -0.1) is 0 Å². The van der Waals surface area contributed by atoms with E-state index in [0.29, 0.717) is 0 Å². The summed E-state index contributed by atoms with van der Waals surface area (Å²) in [4.78, 5) is 4.30. The van der Waals surface area contributed by atoms with Crippen LogP contribution in [-0.4, -0.2) is 4.98 Å². The van der Waals surface area contributed by atoms with E-state index >= 15 is 0 Å². The van der Waals surface area contributed by atoms with Crippen LogP contribution in [0.4, 0.5) is 0 Å². The van der Waals surface area contributed by atoms with Gasteiger partial charge in [0.2, 0.25) is 0 Å². The summed E-state index contributed by atoms with van der Waals surface area (Å²) in [5.41, 5.74) is 3.65. The summed E-state index contributed by atoms with van der Waals surface area (Å²) in [6.07, 6.45) is 3.11. The lowest BCUT2D eigenvalue weighted by molar-refractivity contribution is 1.09. The summed E-state index contributed by atoms with van der Waals surface area (Å²) in [6, 6.07) is 8.41. The van der Waals surface area contributed by atoms with Crippen molar-refractivity contribution in [3.05, 3.63) is 41.6 Å². The molecule has 0 radical (unpaired) electrons. The van der Waals surface area contributed by atoms with E-state index in [-0.39, 0.29) is 0 Å². The molecule has 0 bridgehead atoms. The Morgan fingerprint density at radius 1 is 1.07 bits per heavy atom. The van der Waals surface area contributed by atoms with Gasteiger partial charge < -0.3 is 0 Å². The first kappa shape index (κ1) is 11.7. The van der Waals surface area contributed by atoms with Gasteiger partial charge in [0.25, 0.3) is 0 Å². The van der Waals surface area contributed by atoms with Crippen LogP contribution >= 0.6 is 0 Å². The highest BCUT2D eigenvalue weighted by molar-refractivity contribution is 5.82. The van der Waals surface area contributed by atoms with Crippen LogP contribution < -0.4 is 0 Å². The van der Waals surface area contributed by atoms with Crippen LogP contribution in [0.15, 0.2) is 30.5 Å². The summed E-state index contributed by atoms with van der Waals surface area (Å²) in [6.45, 7) is 8.45. The van der Waals surface area contributed by atoms with Crippen molar-refractivity contribution < 1.29 is 0 Å². The maximum absolute atomic E-state index is 4.30. The van der Waals surface area contributed by atoms with Gasteiger partial charge in [0.15, 0.2) is 0 Å². The Morgan fingerprint density at radius 3 is 2.40 bits per heavy atom. The van der Waals surface area contributed by atoms with E-state index in [1.807, 2.05) is 12.3 Å². The topological polar surface area (TPSA) is 12.9 Å². The normalized spacial score (nSPS) is 9.60. The van der Waals surface area contributed by atoms with Gasteiger partial charge in [-0.3, -0.25) is 4.98 Å². The summed E-state index contributed by atoms with van der Waals surface area (Å²) < 4.78 is 0. The highest BCUT2D eigenvalue weighted by Crippen LogP contribution is 2.16. The maximum Gasteiger partial charge on any atom is 0.0707 e. The molecule has 0 aliphatic heterocycles. The zero-order chi connectivity index (χ0) is 11.3. The van der Waals surface area contributed by atoms with Crippen molar-refractivity contribution in [2.75, 3.05) is 0 Å². The largest absolute Gasteiger partial charge is 0.256 e. The fourth-order valence-corrected chi connectivity index (χ4v) is 1.40. The Hall–Kier alpha value is -1.37. The molecular formula is C14H19N. The second-order valence-electron chi connectivity index (χ2n) is 3.86. The molecule has 1 nitrogen and oxygen atoms in total. The molecule has 2 rings (SSSR count). The van der Waals surface area contributed by atoms with E-state index in [2.05, 4.69) is 50.9 Å². The van der Waals surface area contributed by atoms with E-state index in [0.717, 1.165) is 5.52 Å². The Morgan fingerprint density at radius 2 is 1.73 bits per heavy atom. The van der Waals surface area contributed by atoms with E-state index in [9.17, 15) is 0 Å². The molecule has 0 saturated heterocycles. The molecule has 0 N–H and O–H groups in total. The van der Waals surface area contributed by atoms with Crippen molar-refractivity contribution in [2.24, 2.45) is 0 Å². The Labute approximate surface area is 92.2 Å². The second-order valence-corrected chi connectivity index (χ2v) is 3.86. The quantitative estimate of drug-likeness (QED) is 0.620. The van der Waals surface area contributed by atoms with Crippen molar-refractivity contribution in [3.8, 4) is 0 Å². The lowest BCUT2D eigenvalue weighted by Gasteiger charge is -2.00. The molecule has 1 heterocycles. The first-order chi connectivity index (χ1) is 7.19. The number of rotatable bonds is 0. The van der Waals surface area contributed by atoms with E-state index in [4.69, 9.17) is 0 Å². The highest BCUT2D eigenvalue weighted by atomic mass is 14.6. The number of hydrogen-bond acceptors (Lipinski definition) is 1. The lowest BCUT2D eigenvalue weighted by atomic mass is 10.1. The molecule has 15 heavy (non-hydrogen) atoms. The smallest absolute Gasteiger partial charge is 0.0707 e. The van der Waals surface area contributed by atoms with E-state index in [1.165, 1.54) is 22.9 Å². The van der Waals surface area contributed by atoms with E-state index in [1.54, 1.807) is 0 Å². The molecule has 0 aliphatic carbocycles. The van der Waals surface area contributed by atoms with E-state index < -0.39 is 0 Å². The number of pyridine rings is 1. The third kappa shape index (κ3) is 3.05. The van der Waals surface area contributed by atoms with Crippen LogP contribution in [0.25, 0.3) is 10.9 Å². The minimum atomic E-state index is 1.09. The minimum Gasteiger partial charge on any atom is -0.256 e. The third-order valence-corrected chi connectivity index (χ3v) is 2.12. The van der Waals surface area contributed by atoms with Crippen molar-refractivity contribution in [1.29, 1.82) is 0 Å². The van der Waals surface area contributed by atoms with Gasteiger partial charge in [0.1, 0.15) is 0 Å². The average molecular weight is 201 g/mol. The minimum absolute atomic E-state index is 1.09. The Kier molecular flexibility index (Phi) is 4.29. The summed E-state index contributed by atoms with van der Waals surface area (Å²) in [7, 11) is 0.